The second kappa shape index (κ2) is 12.8. The molecule has 4 rings (SSSR count). The molecule has 9 nitrogen and oxygen atoms in total. The lowest BCUT2D eigenvalue weighted by Gasteiger charge is -2.22. The van der Waals surface area contributed by atoms with Gasteiger partial charge in [-0.05, 0) is 56.5 Å². The molecule has 40 heavy (non-hydrogen) atoms. The molecule has 9 heteroatoms. The molecule has 0 spiro atoms. The van der Waals surface area contributed by atoms with Gasteiger partial charge in [0.05, 0.1) is 43.4 Å². The maximum absolute atomic E-state index is 12.6. The van der Waals surface area contributed by atoms with E-state index in [1.54, 1.807) is 24.7 Å². The van der Waals surface area contributed by atoms with Crippen LogP contribution in [0.1, 0.15) is 38.3 Å². The van der Waals surface area contributed by atoms with Crippen molar-refractivity contribution in [1.82, 2.24) is 15.0 Å². The molecule has 0 bridgehead atoms. The topological polar surface area (TPSA) is 113 Å². The molecule has 0 atom stereocenters. The van der Waals surface area contributed by atoms with Gasteiger partial charge >= 0.3 is 5.97 Å². The Hall–Kier alpha value is -4.79. The van der Waals surface area contributed by atoms with E-state index in [0.717, 1.165) is 11.1 Å². The lowest BCUT2D eigenvalue weighted by Crippen LogP contribution is -2.30. The molecule has 2 aromatic carbocycles. The zero-order valence-electron chi connectivity index (χ0n) is 23.0. The fraction of sp³-hybridized carbons (Fsp3) is 0.258. The van der Waals surface area contributed by atoms with Gasteiger partial charge in [-0.2, -0.15) is 0 Å². The number of anilines is 1. The smallest absolute Gasteiger partial charge is 0.315 e. The molecular formula is C31H32N4O5. The third-order valence-corrected chi connectivity index (χ3v) is 6.30. The average molecular weight is 541 g/mol. The number of benzene rings is 2. The normalized spacial score (nSPS) is 11.0. The summed E-state index contributed by atoms with van der Waals surface area (Å²) in [5.41, 5.74) is 2.31. The quantitative estimate of drug-likeness (QED) is 0.239. The van der Waals surface area contributed by atoms with Gasteiger partial charge in [0.25, 0.3) is 0 Å². The molecule has 2 heterocycles. The maximum Gasteiger partial charge on any atom is 0.315 e. The second-order valence-corrected chi connectivity index (χ2v) is 9.54. The first kappa shape index (κ1) is 28.2. The number of carbonyl (C=O) groups is 2. The van der Waals surface area contributed by atoms with Crippen LogP contribution in [0.3, 0.4) is 0 Å². The Kier molecular flexibility index (Phi) is 9.06. The molecular weight excluding hydrogens is 508 g/mol. The second-order valence-electron chi connectivity index (χ2n) is 9.54. The molecule has 0 saturated carbocycles. The summed E-state index contributed by atoms with van der Waals surface area (Å²) in [5.74, 6) is 1.59. The van der Waals surface area contributed by atoms with Crippen molar-refractivity contribution in [3.63, 3.8) is 0 Å². The van der Waals surface area contributed by atoms with Gasteiger partial charge in [0.15, 0.2) is 17.3 Å². The van der Waals surface area contributed by atoms with Gasteiger partial charge in [0, 0.05) is 18.2 Å². The number of pyridine rings is 1. The number of carbonyl (C=O) groups excluding carboxylic acids is 2. The number of rotatable bonds is 11. The van der Waals surface area contributed by atoms with Gasteiger partial charge in [-0.1, -0.05) is 36.4 Å². The minimum absolute atomic E-state index is 0.187. The highest BCUT2D eigenvalue weighted by Crippen LogP contribution is 2.32. The standard InChI is InChI=1S/C31H32N4O5/c1-5-39-26-8-6-7-9-27(26)40-24-16-22(17-32-18-24)25-19-33-20-28(34-25)35-29(36)15-12-21-10-13-23(14-11-21)31(2,3)30(37)38-4/h6-11,13-14,16-20H,5,12,15H2,1-4H3,(H,34,35,36). The fourth-order valence-corrected chi connectivity index (χ4v) is 4.04. The molecule has 2 aromatic heterocycles. The lowest BCUT2D eigenvalue weighted by atomic mass is 9.84. The van der Waals surface area contributed by atoms with Crippen LogP contribution in [0, 0.1) is 0 Å². The van der Waals surface area contributed by atoms with Crippen LogP contribution in [0.25, 0.3) is 11.3 Å². The summed E-state index contributed by atoms with van der Waals surface area (Å²) in [6, 6.07) is 16.8. The van der Waals surface area contributed by atoms with Crippen LogP contribution in [0.15, 0.2) is 79.4 Å². The number of amides is 1. The number of hydrogen-bond acceptors (Lipinski definition) is 8. The van der Waals surface area contributed by atoms with E-state index >= 15 is 0 Å². The summed E-state index contributed by atoms with van der Waals surface area (Å²) >= 11 is 0. The number of aromatic nitrogens is 3. The van der Waals surface area contributed by atoms with Crippen LogP contribution >= 0.6 is 0 Å². The van der Waals surface area contributed by atoms with E-state index in [-0.39, 0.29) is 18.3 Å². The highest BCUT2D eigenvalue weighted by Gasteiger charge is 2.30. The predicted molar refractivity (Wildman–Crippen MR) is 151 cm³/mol. The number of aryl methyl sites for hydroxylation is 1. The molecule has 4 aromatic rings. The molecule has 206 valence electrons. The van der Waals surface area contributed by atoms with E-state index < -0.39 is 5.41 Å². The first-order chi connectivity index (χ1) is 19.3. The van der Waals surface area contributed by atoms with Gasteiger partial charge in [-0.25, -0.2) is 4.98 Å². The summed E-state index contributed by atoms with van der Waals surface area (Å²) in [5, 5.41) is 2.81. The summed E-state index contributed by atoms with van der Waals surface area (Å²) in [4.78, 5) is 37.7. The minimum atomic E-state index is -0.747. The molecule has 1 N–H and O–H groups in total. The SMILES string of the molecule is CCOc1ccccc1Oc1cncc(-c2cncc(NC(=O)CCc3ccc(C(C)(C)C(=O)OC)cc3)n2)c1. The molecule has 0 unspecified atom stereocenters. The van der Waals surface area contributed by atoms with Gasteiger partial charge in [-0.15, -0.1) is 0 Å². The van der Waals surface area contributed by atoms with Gasteiger partial charge < -0.3 is 19.5 Å². The fourth-order valence-electron chi connectivity index (χ4n) is 4.04. The van der Waals surface area contributed by atoms with Crippen molar-refractivity contribution >= 4 is 17.7 Å². The van der Waals surface area contributed by atoms with Crippen molar-refractivity contribution in [3.05, 3.63) is 90.5 Å². The van der Waals surface area contributed by atoms with Gasteiger partial charge in [0.2, 0.25) is 5.91 Å². The zero-order valence-corrected chi connectivity index (χ0v) is 23.0. The lowest BCUT2D eigenvalue weighted by molar-refractivity contribution is -0.146. The van der Waals surface area contributed by atoms with E-state index in [4.69, 9.17) is 14.2 Å². The Bertz CT molecular complexity index is 1470. The molecule has 0 saturated heterocycles. The number of nitrogens with zero attached hydrogens (tertiary/aromatic N) is 3. The Morgan fingerprint density at radius 3 is 2.38 bits per heavy atom. The van der Waals surface area contributed by atoms with Crippen LogP contribution in [-0.2, 0) is 26.2 Å². The minimum Gasteiger partial charge on any atom is -0.490 e. The Labute approximate surface area is 233 Å². The molecule has 1 amide bonds. The van der Waals surface area contributed by atoms with Crippen molar-refractivity contribution in [2.24, 2.45) is 0 Å². The summed E-state index contributed by atoms with van der Waals surface area (Å²) in [6.07, 6.45) is 7.15. The molecule has 0 aliphatic carbocycles. The van der Waals surface area contributed by atoms with Crippen molar-refractivity contribution in [3.8, 4) is 28.5 Å². The predicted octanol–water partition coefficient (Wildman–Crippen LogP) is 5.75. The highest BCUT2D eigenvalue weighted by molar-refractivity contribution is 5.90. The van der Waals surface area contributed by atoms with E-state index in [1.807, 2.05) is 69.3 Å². The number of esters is 1. The van der Waals surface area contributed by atoms with Gasteiger partial charge in [-0.3, -0.25) is 19.6 Å². The van der Waals surface area contributed by atoms with E-state index in [2.05, 4.69) is 20.3 Å². The monoisotopic (exact) mass is 540 g/mol. The third kappa shape index (κ3) is 6.99. The maximum atomic E-state index is 12.6. The zero-order chi connectivity index (χ0) is 28.5. The van der Waals surface area contributed by atoms with Crippen LogP contribution < -0.4 is 14.8 Å². The first-order valence-electron chi connectivity index (χ1n) is 12.9. The third-order valence-electron chi connectivity index (χ3n) is 6.30. The number of ether oxygens (including phenoxy) is 3. The van der Waals surface area contributed by atoms with Crippen LogP contribution in [0.2, 0.25) is 0 Å². The summed E-state index contributed by atoms with van der Waals surface area (Å²) in [7, 11) is 1.38. The van der Waals surface area contributed by atoms with Gasteiger partial charge in [0.1, 0.15) is 5.75 Å². The van der Waals surface area contributed by atoms with Crippen molar-refractivity contribution in [1.29, 1.82) is 0 Å². The van der Waals surface area contributed by atoms with Crippen LogP contribution in [-0.4, -0.2) is 40.5 Å². The molecule has 0 aliphatic heterocycles. The molecule has 0 aliphatic rings. The Balaban J connectivity index is 1.38. The largest absolute Gasteiger partial charge is 0.490 e. The van der Waals surface area contributed by atoms with Crippen LogP contribution in [0.5, 0.6) is 17.2 Å². The number of methoxy groups -OCH3 is 1. The van der Waals surface area contributed by atoms with Crippen LogP contribution in [0.4, 0.5) is 5.82 Å². The Morgan fingerprint density at radius 2 is 1.65 bits per heavy atom. The van der Waals surface area contributed by atoms with Crippen molar-refractivity contribution in [2.45, 2.75) is 39.0 Å². The Morgan fingerprint density at radius 1 is 0.925 bits per heavy atom. The average Bonchev–Trinajstić information content (AvgIpc) is 2.97. The van der Waals surface area contributed by atoms with E-state index in [9.17, 15) is 9.59 Å². The van der Waals surface area contributed by atoms with E-state index in [1.165, 1.54) is 13.3 Å². The van der Waals surface area contributed by atoms with Crippen molar-refractivity contribution < 1.29 is 23.8 Å². The number of hydrogen-bond donors (Lipinski definition) is 1. The molecule has 0 fully saturated rings. The first-order valence-corrected chi connectivity index (χ1v) is 12.9. The summed E-state index contributed by atoms with van der Waals surface area (Å²) < 4.78 is 16.5. The molecule has 0 radical (unpaired) electrons. The van der Waals surface area contributed by atoms with Crippen molar-refractivity contribution in [2.75, 3.05) is 19.0 Å². The number of nitrogens with one attached hydrogen (secondary N) is 1. The van der Waals surface area contributed by atoms with E-state index in [0.29, 0.717) is 47.4 Å². The summed E-state index contributed by atoms with van der Waals surface area (Å²) in [6.45, 7) is 6.07. The number of para-hydroxylation sites is 2. The highest BCUT2D eigenvalue weighted by atomic mass is 16.5.